The number of nitrogens with zero attached hydrogens (tertiary/aromatic N) is 3. The van der Waals surface area contributed by atoms with Crippen molar-refractivity contribution in [3.63, 3.8) is 0 Å². The standard InChI is InChI=1S/C29H22N4O4S/c34-27(30-18-20-8-3-1-4-9-20)22-14-15-25-26(17-22)31-29(32(28(25)35)23-11-5-2-6-12-23)38-19-21-10-7-13-24(16-21)33(36)37/h1-17H,18-19H2,(H,30,34). The van der Waals surface area contributed by atoms with E-state index in [9.17, 15) is 19.7 Å². The third-order valence-corrected chi connectivity index (χ3v) is 6.91. The molecule has 0 unspecified atom stereocenters. The van der Waals surface area contributed by atoms with Crippen molar-refractivity contribution >= 4 is 34.3 Å². The second-order valence-electron chi connectivity index (χ2n) is 8.49. The lowest BCUT2D eigenvalue weighted by molar-refractivity contribution is -0.384. The van der Waals surface area contributed by atoms with Gasteiger partial charge in [-0.15, -0.1) is 0 Å². The van der Waals surface area contributed by atoms with Crippen LogP contribution in [0.3, 0.4) is 0 Å². The zero-order valence-corrected chi connectivity index (χ0v) is 20.9. The third kappa shape index (κ3) is 5.47. The highest BCUT2D eigenvalue weighted by molar-refractivity contribution is 7.98. The van der Waals surface area contributed by atoms with Crippen LogP contribution in [0.15, 0.2) is 113 Å². The van der Waals surface area contributed by atoms with Gasteiger partial charge in [-0.1, -0.05) is 72.4 Å². The molecule has 0 atom stereocenters. The van der Waals surface area contributed by atoms with Crippen molar-refractivity contribution in [3.05, 3.63) is 140 Å². The Kier molecular flexibility index (Phi) is 7.28. The Balaban J connectivity index is 1.50. The molecular formula is C29H22N4O4S. The summed E-state index contributed by atoms with van der Waals surface area (Å²) in [4.78, 5) is 42.0. The zero-order chi connectivity index (χ0) is 26.5. The van der Waals surface area contributed by atoms with Crippen molar-refractivity contribution in [3.8, 4) is 5.69 Å². The smallest absolute Gasteiger partial charge is 0.269 e. The fourth-order valence-electron chi connectivity index (χ4n) is 4.00. The van der Waals surface area contributed by atoms with Gasteiger partial charge in [0, 0.05) is 30.0 Å². The maximum atomic E-state index is 13.6. The lowest BCUT2D eigenvalue weighted by Gasteiger charge is -2.14. The predicted molar refractivity (Wildman–Crippen MR) is 148 cm³/mol. The fraction of sp³-hybridized carbons (Fsp3) is 0.0690. The lowest BCUT2D eigenvalue weighted by Crippen LogP contribution is -2.24. The molecule has 0 aliphatic heterocycles. The van der Waals surface area contributed by atoms with Crippen LogP contribution in [0, 0.1) is 10.1 Å². The van der Waals surface area contributed by atoms with E-state index in [4.69, 9.17) is 4.98 Å². The van der Waals surface area contributed by atoms with E-state index in [0.717, 1.165) is 11.1 Å². The molecule has 1 heterocycles. The number of rotatable bonds is 8. The molecule has 1 aromatic heterocycles. The van der Waals surface area contributed by atoms with Crippen molar-refractivity contribution in [2.45, 2.75) is 17.5 Å². The van der Waals surface area contributed by atoms with Crippen LogP contribution in [-0.2, 0) is 12.3 Å². The largest absolute Gasteiger partial charge is 0.348 e. The topological polar surface area (TPSA) is 107 Å². The van der Waals surface area contributed by atoms with E-state index >= 15 is 0 Å². The van der Waals surface area contributed by atoms with Gasteiger partial charge in [0.25, 0.3) is 17.2 Å². The number of non-ortho nitro benzene ring substituents is 1. The summed E-state index contributed by atoms with van der Waals surface area (Å²) in [5.74, 6) is 0.0968. The molecule has 0 radical (unpaired) electrons. The summed E-state index contributed by atoms with van der Waals surface area (Å²) in [6, 6.07) is 30.0. The Morgan fingerprint density at radius 2 is 1.61 bits per heavy atom. The van der Waals surface area contributed by atoms with E-state index < -0.39 is 4.92 Å². The van der Waals surface area contributed by atoms with Gasteiger partial charge in [0.15, 0.2) is 5.16 Å². The van der Waals surface area contributed by atoms with Gasteiger partial charge in [-0.3, -0.25) is 24.3 Å². The highest BCUT2D eigenvalue weighted by Gasteiger charge is 2.16. The first kappa shape index (κ1) is 24.9. The quantitative estimate of drug-likeness (QED) is 0.125. The molecule has 5 aromatic rings. The van der Waals surface area contributed by atoms with E-state index in [2.05, 4.69) is 5.32 Å². The Bertz CT molecular complexity index is 1690. The molecule has 0 fully saturated rings. The second kappa shape index (κ2) is 11.1. The predicted octanol–water partition coefficient (Wildman–Crippen LogP) is 5.52. The molecule has 0 aliphatic rings. The molecule has 1 amide bonds. The van der Waals surface area contributed by atoms with Gasteiger partial charge in [-0.2, -0.15) is 0 Å². The molecule has 1 N–H and O–H groups in total. The van der Waals surface area contributed by atoms with Crippen LogP contribution >= 0.6 is 11.8 Å². The van der Waals surface area contributed by atoms with E-state index in [1.54, 1.807) is 30.3 Å². The first-order valence-corrected chi connectivity index (χ1v) is 12.8. The van der Waals surface area contributed by atoms with Crippen LogP contribution in [0.4, 0.5) is 5.69 Å². The molecule has 188 valence electrons. The SMILES string of the molecule is O=C(NCc1ccccc1)c1ccc2c(=O)n(-c3ccccc3)c(SCc3cccc([N+](=O)[O-])c3)nc2c1. The van der Waals surface area contributed by atoms with Gasteiger partial charge in [0.05, 0.1) is 21.5 Å². The summed E-state index contributed by atoms with van der Waals surface area (Å²) in [5, 5.41) is 14.9. The first-order valence-electron chi connectivity index (χ1n) is 11.8. The molecule has 8 nitrogen and oxygen atoms in total. The minimum Gasteiger partial charge on any atom is -0.348 e. The third-order valence-electron chi connectivity index (χ3n) is 5.90. The van der Waals surface area contributed by atoms with Gasteiger partial charge in [0.1, 0.15) is 0 Å². The maximum absolute atomic E-state index is 13.6. The first-order chi connectivity index (χ1) is 18.5. The number of aromatic nitrogens is 2. The van der Waals surface area contributed by atoms with Gasteiger partial charge < -0.3 is 5.32 Å². The molecule has 0 bridgehead atoms. The summed E-state index contributed by atoms with van der Waals surface area (Å²) >= 11 is 1.29. The molecular weight excluding hydrogens is 500 g/mol. The van der Waals surface area contributed by atoms with Crippen LogP contribution in [0.1, 0.15) is 21.5 Å². The minimum absolute atomic E-state index is 0.00109. The Morgan fingerprint density at radius 1 is 0.895 bits per heavy atom. The van der Waals surface area contributed by atoms with Crippen LogP contribution in [-0.4, -0.2) is 20.4 Å². The van der Waals surface area contributed by atoms with Gasteiger partial charge in [0.2, 0.25) is 0 Å². The number of hydrogen-bond donors (Lipinski definition) is 1. The number of hydrogen-bond acceptors (Lipinski definition) is 6. The van der Waals surface area contributed by atoms with Crippen molar-refractivity contribution in [2.75, 3.05) is 0 Å². The van der Waals surface area contributed by atoms with Crippen LogP contribution < -0.4 is 10.9 Å². The number of carbonyl (C=O) groups excluding carboxylic acids is 1. The van der Waals surface area contributed by atoms with Gasteiger partial charge in [-0.25, -0.2) is 4.98 Å². The number of nitro benzene ring substituents is 1. The van der Waals surface area contributed by atoms with E-state index in [0.29, 0.717) is 39.6 Å². The van der Waals surface area contributed by atoms with Crippen molar-refractivity contribution < 1.29 is 9.72 Å². The Labute approximate surface area is 222 Å². The molecule has 9 heteroatoms. The van der Waals surface area contributed by atoms with Crippen LogP contribution in [0.5, 0.6) is 0 Å². The number of amides is 1. The van der Waals surface area contributed by atoms with E-state index in [1.165, 1.54) is 28.5 Å². The molecule has 0 aliphatic carbocycles. The summed E-state index contributed by atoms with van der Waals surface area (Å²) in [6.45, 7) is 0.380. The average Bonchev–Trinajstić information content (AvgIpc) is 2.95. The summed E-state index contributed by atoms with van der Waals surface area (Å²) in [5.41, 5.74) is 2.89. The lowest BCUT2D eigenvalue weighted by atomic mass is 10.1. The highest BCUT2D eigenvalue weighted by Crippen LogP contribution is 2.26. The molecule has 38 heavy (non-hydrogen) atoms. The average molecular weight is 523 g/mol. The van der Waals surface area contributed by atoms with Crippen molar-refractivity contribution in [1.29, 1.82) is 0 Å². The fourth-order valence-corrected chi connectivity index (χ4v) is 4.95. The zero-order valence-electron chi connectivity index (χ0n) is 20.1. The van der Waals surface area contributed by atoms with E-state index in [-0.39, 0.29) is 17.2 Å². The highest BCUT2D eigenvalue weighted by atomic mass is 32.2. The van der Waals surface area contributed by atoms with Gasteiger partial charge in [-0.05, 0) is 41.5 Å². The molecule has 4 aromatic carbocycles. The number of carbonyl (C=O) groups is 1. The van der Waals surface area contributed by atoms with E-state index in [1.807, 2.05) is 60.7 Å². The second-order valence-corrected chi connectivity index (χ2v) is 9.43. The molecule has 5 rings (SSSR count). The van der Waals surface area contributed by atoms with Crippen molar-refractivity contribution in [2.24, 2.45) is 0 Å². The number of benzene rings is 4. The van der Waals surface area contributed by atoms with Gasteiger partial charge >= 0.3 is 0 Å². The Hall–Kier alpha value is -4.76. The van der Waals surface area contributed by atoms with Crippen molar-refractivity contribution in [1.82, 2.24) is 14.9 Å². The molecule has 0 saturated heterocycles. The summed E-state index contributed by atoms with van der Waals surface area (Å²) in [6.07, 6.45) is 0. The van der Waals surface area contributed by atoms with Crippen LogP contribution in [0.2, 0.25) is 0 Å². The molecule has 0 saturated carbocycles. The minimum atomic E-state index is -0.438. The number of thioether (sulfide) groups is 1. The monoisotopic (exact) mass is 522 g/mol. The number of para-hydroxylation sites is 1. The number of nitro groups is 1. The number of nitrogens with one attached hydrogen (secondary N) is 1. The van der Waals surface area contributed by atoms with Crippen LogP contribution in [0.25, 0.3) is 16.6 Å². The maximum Gasteiger partial charge on any atom is 0.269 e. The Morgan fingerprint density at radius 3 is 2.34 bits per heavy atom. The summed E-state index contributed by atoms with van der Waals surface area (Å²) in [7, 11) is 0. The molecule has 0 spiro atoms. The summed E-state index contributed by atoms with van der Waals surface area (Å²) < 4.78 is 1.53. The normalized spacial score (nSPS) is 10.8. The number of fused-ring (bicyclic) bond motifs is 1.